The molecule has 8 rings (SSSR count). The van der Waals surface area contributed by atoms with Crippen LogP contribution < -0.4 is 0 Å². The molecule has 8 fully saturated rings. The van der Waals surface area contributed by atoms with Gasteiger partial charge >= 0.3 is 70.4 Å². The number of ether oxygens (including phenoxy) is 1. The van der Waals surface area contributed by atoms with Crippen LogP contribution in [-0.2, 0) is 54.1 Å². The van der Waals surface area contributed by atoms with Crippen LogP contribution in [0.25, 0.3) is 0 Å². The molecule has 0 radical (unpaired) electrons. The maximum absolute atomic E-state index is 7.93. The van der Waals surface area contributed by atoms with Gasteiger partial charge < -0.3 is 54.1 Å². The number of fused-ring (bicyclic) bond motifs is 1. The third-order valence-corrected chi connectivity index (χ3v) is 51.3. The second kappa shape index (κ2) is 16.6. The summed E-state index contributed by atoms with van der Waals surface area (Å²) in [4.78, 5) is 0. The molecule has 0 aromatic carbocycles. The molecule has 8 aliphatic rings. The summed E-state index contributed by atoms with van der Waals surface area (Å²) in [5, 5.41) is 0. The summed E-state index contributed by atoms with van der Waals surface area (Å²) in [6.07, 6.45) is 4.86. The minimum Gasteiger partial charge on any atom is -0.373 e. The summed E-state index contributed by atoms with van der Waals surface area (Å²) in [6, 6.07) is 4.14. The Kier molecular flexibility index (Phi) is 13.5. The van der Waals surface area contributed by atoms with Crippen LogP contribution >= 0.6 is 0 Å². The molecule has 7 heterocycles. The molecule has 0 spiro atoms. The fraction of sp³-hybridized carbons (Fsp3) is 1.00. The van der Waals surface area contributed by atoms with E-state index in [0.29, 0.717) is 66.5 Å². The number of rotatable bonds is 17. The Hall–Kier alpha value is 1.22. The average molecular weight is 942 g/mol. The molecular weight excluding hydrogens is 865 g/mol. The van der Waals surface area contributed by atoms with Crippen molar-refractivity contribution in [2.24, 2.45) is 47.3 Å². The number of hydrogen-bond acceptors (Lipinski definition) is 13. The van der Waals surface area contributed by atoms with Crippen LogP contribution in [0.5, 0.6) is 0 Å². The van der Waals surface area contributed by atoms with E-state index in [1.165, 1.54) is 0 Å². The Morgan fingerprint density at radius 3 is 0.807 bits per heavy atom. The first-order valence-electron chi connectivity index (χ1n) is 22.5. The predicted octanol–water partition coefficient (Wildman–Crippen LogP) is 9.31. The molecule has 57 heavy (non-hydrogen) atoms. The molecule has 0 unspecified atom stereocenters. The van der Waals surface area contributed by atoms with Crippen LogP contribution in [0.4, 0.5) is 0 Å². The zero-order valence-electron chi connectivity index (χ0n) is 37.6. The normalized spacial score (nSPS) is 45.3. The van der Waals surface area contributed by atoms with Crippen molar-refractivity contribution in [1.29, 1.82) is 0 Å². The lowest BCUT2D eigenvalue weighted by Crippen LogP contribution is -2.88. The molecule has 13 nitrogen and oxygen atoms in total. The van der Waals surface area contributed by atoms with Gasteiger partial charge in [0.1, 0.15) is 0 Å². The van der Waals surface area contributed by atoms with Crippen molar-refractivity contribution in [3.05, 3.63) is 0 Å². The Balaban J connectivity index is 1.53. The Labute approximate surface area is 353 Å². The SMILES string of the molecule is CC(C)C[Si]12O[Si]3(CC[C@@H]4CC[C@H]5O[C@@H]5C4)O[Si]4(CC(C)C)O[Si](CC(C)C)(O1)O[Si]1(CC(C)C)O[Si](CC(C)C)(O2)O[Si](CC(C)C)(O3)O[Si](CC(C)C)(O4)O1. The lowest BCUT2D eigenvalue weighted by molar-refractivity contribution is -0.0343. The zero-order valence-corrected chi connectivity index (χ0v) is 45.6. The van der Waals surface area contributed by atoms with Crippen LogP contribution in [0.1, 0.15) is 123 Å². The standard InChI is InChI=1S/C36H76O13Si8/c1-27(2)20-51-38-50(18-17-34-15-16-35-36(19-34)37-35)39-52(21-28(3)4)43-54(41-51,23-30(7)8)47-57(26-33(13)14)48-55(42-51,24-31(9)10)44-53(40-50,22-29(5)6)46-56(45-52,49-57)25-32(11)12/h27-36H,15-26H2,1-14H3/t34-,35+,36+,50?,51?,52?,53?,54?,55?,56?,57?/m0/s1. The molecule has 21 heteroatoms. The van der Waals surface area contributed by atoms with Crippen LogP contribution in [-0.4, -0.2) is 82.6 Å². The predicted molar refractivity (Wildman–Crippen MR) is 232 cm³/mol. The molecule has 1 saturated carbocycles. The van der Waals surface area contributed by atoms with Crippen molar-refractivity contribution in [1.82, 2.24) is 0 Å². The van der Waals surface area contributed by atoms with Crippen LogP contribution in [0.3, 0.4) is 0 Å². The van der Waals surface area contributed by atoms with Gasteiger partial charge in [0, 0.05) is 48.4 Å². The maximum Gasteiger partial charge on any atom is 0.479 e. The first-order chi connectivity index (χ1) is 26.4. The summed E-state index contributed by atoms with van der Waals surface area (Å²) in [6.45, 7) is 30.7. The molecule has 0 amide bonds. The fourth-order valence-electron chi connectivity index (χ4n) is 10.0. The van der Waals surface area contributed by atoms with Gasteiger partial charge in [-0.2, -0.15) is 0 Å². The smallest absolute Gasteiger partial charge is 0.373 e. The van der Waals surface area contributed by atoms with E-state index in [0.717, 1.165) is 25.7 Å². The lowest BCUT2D eigenvalue weighted by atomic mass is 9.88. The van der Waals surface area contributed by atoms with E-state index >= 15 is 0 Å². The maximum atomic E-state index is 7.93. The molecule has 7 saturated heterocycles. The van der Waals surface area contributed by atoms with Crippen LogP contribution in [0.15, 0.2) is 0 Å². The van der Waals surface area contributed by atoms with Crippen molar-refractivity contribution < 1.29 is 54.1 Å². The first-order valence-corrected chi connectivity index (χ1v) is 38.0. The van der Waals surface area contributed by atoms with Gasteiger partial charge in [-0.15, -0.1) is 0 Å². The Morgan fingerprint density at radius 1 is 0.333 bits per heavy atom. The van der Waals surface area contributed by atoms with Gasteiger partial charge in [-0.3, -0.25) is 0 Å². The Bertz CT molecular complexity index is 1270. The molecule has 8 bridgehead atoms. The van der Waals surface area contributed by atoms with E-state index in [-0.39, 0.29) is 41.4 Å². The summed E-state index contributed by atoms with van der Waals surface area (Å²) in [5.74, 6) is 1.45. The lowest BCUT2D eigenvalue weighted by Gasteiger charge is -2.64. The van der Waals surface area contributed by atoms with Gasteiger partial charge in [0.15, 0.2) is 0 Å². The molecule has 1 aliphatic carbocycles. The second-order valence-corrected chi connectivity index (χ2v) is 45.4. The quantitative estimate of drug-likeness (QED) is 0.102. The van der Waals surface area contributed by atoms with Gasteiger partial charge in [0.25, 0.3) is 0 Å². The molecule has 330 valence electrons. The monoisotopic (exact) mass is 940 g/mol. The van der Waals surface area contributed by atoms with Gasteiger partial charge in [0.05, 0.1) is 12.2 Å². The van der Waals surface area contributed by atoms with Crippen molar-refractivity contribution in [2.45, 2.75) is 183 Å². The van der Waals surface area contributed by atoms with Gasteiger partial charge in [-0.25, -0.2) is 0 Å². The van der Waals surface area contributed by atoms with Gasteiger partial charge in [0.2, 0.25) is 0 Å². The van der Waals surface area contributed by atoms with Crippen molar-refractivity contribution in [2.75, 3.05) is 0 Å². The molecular formula is C36H76O13Si8. The largest absolute Gasteiger partial charge is 0.479 e. The summed E-state index contributed by atoms with van der Waals surface area (Å²) >= 11 is 0. The van der Waals surface area contributed by atoms with Crippen molar-refractivity contribution in [3.8, 4) is 0 Å². The third kappa shape index (κ3) is 10.4. The summed E-state index contributed by atoms with van der Waals surface area (Å²) < 4.78 is 100. The molecule has 7 aliphatic heterocycles. The summed E-state index contributed by atoms with van der Waals surface area (Å²) in [7, 11) is -31.2. The van der Waals surface area contributed by atoms with Gasteiger partial charge in [-0.1, -0.05) is 96.9 Å². The van der Waals surface area contributed by atoms with E-state index in [2.05, 4.69) is 96.9 Å². The minimum absolute atomic E-state index is 0.143. The van der Waals surface area contributed by atoms with Gasteiger partial charge in [-0.05, 0) is 73.0 Å². The first kappa shape index (κ1) is 46.2. The van der Waals surface area contributed by atoms with Crippen molar-refractivity contribution in [3.63, 3.8) is 0 Å². The third-order valence-electron chi connectivity index (χ3n) is 11.3. The topological polar surface area (TPSA) is 123 Å². The molecule has 0 aromatic rings. The molecule has 0 aromatic heterocycles. The zero-order chi connectivity index (χ0) is 41.5. The molecule has 0 N–H and O–H groups in total. The molecule has 3 atom stereocenters. The highest BCUT2D eigenvalue weighted by atomic mass is 28.6. The van der Waals surface area contributed by atoms with Crippen LogP contribution in [0.2, 0.25) is 48.4 Å². The fourth-order valence-corrected chi connectivity index (χ4v) is 61.7. The minimum atomic E-state index is -3.92. The average Bonchev–Trinajstić information content (AvgIpc) is 3.72. The summed E-state index contributed by atoms with van der Waals surface area (Å²) in [5.41, 5.74) is 0. The number of hydrogen-bond donors (Lipinski definition) is 0. The van der Waals surface area contributed by atoms with E-state index < -0.39 is 70.4 Å². The van der Waals surface area contributed by atoms with Crippen LogP contribution in [0, 0.1) is 47.3 Å². The Morgan fingerprint density at radius 2 is 0.579 bits per heavy atom. The van der Waals surface area contributed by atoms with E-state index in [9.17, 15) is 0 Å². The van der Waals surface area contributed by atoms with E-state index in [1.807, 2.05) is 0 Å². The van der Waals surface area contributed by atoms with E-state index in [4.69, 9.17) is 54.1 Å². The highest BCUT2D eigenvalue weighted by molar-refractivity contribution is 7.03. The highest BCUT2D eigenvalue weighted by Gasteiger charge is 2.83. The highest BCUT2D eigenvalue weighted by Crippen LogP contribution is 2.56. The van der Waals surface area contributed by atoms with Crippen molar-refractivity contribution >= 4 is 70.4 Å². The van der Waals surface area contributed by atoms with E-state index in [1.54, 1.807) is 0 Å². The number of epoxide rings is 1. The second-order valence-electron chi connectivity index (χ2n) is 21.3.